The van der Waals surface area contributed by atoms with Crippen molar-refractivity contribution >= 4 is 0 Å². The molecule has 0 aliphatic heterocycles. The van der Waals surface area contributed by atoms with Crippen LogP contribution in [0, 0.1) is 6.92 Å². The van der Waals surface area contributed by atoms with E-state index in [1.165, 1.54) is 0 Å². The van der Waals surface area contributed by atoms with Crippen molar-refractivity contribution in [3.63, 3.8) is 0 Å². The molecule has 66 valence electrons. The van der Waals surface area contributed by atoms with Gasteiger partial charge in [-0.1, -0.05) is 0 Å². The fourth-order valence-corrected chi connectivity index (χ4v) is 1.07. The average Bonchev–Trinajstić information content (AvgIpc) is 2.62. The summed E-state index contributed by atoms with van der Waals surface area (Å²) in [7, 11) is 0. The lowest BCUT2D eigenvalue weighted by Crippen LogP contribution is -1.98. The summed E-state index contributed by atoms with van der Waals surface area (Å²) < 4.78 is 1.65. The fraction of sp³-hybridized carbons (Fsp3) is 0.111. The van der Waals surface area contributed by atoms with Crippen LogP contribution in [-0.2, 0) is 0 Å². The van der Waals surface area contributed by atoms with Crippen LogP contribution in [0.25, 0.3) is 5.82 Å². The number of aryl methyl sites for hydroxylation is 1. The van der Waals surface area contributed by atoms with Crippen LogP contribution in [0.15, 0.2) is 30.6 Å². The third-order valence-corrected chi connectivity index (χ3v) is 1.78. The molecule has 2 aromatic rings. The monoisotopic (exact) mass is 175 g/mol. The van der Waals surface area contributed by atoms with Crippen molar-refractivity contribution in [3.05, 3.63) is 36.3 Å². The number of nitrogens with zero attached hydrogens (tertiary/aromatic N) is 3. The maximum Gasteiger partial charge on any atom is 0.153 e. The van der Waals surface area contributed by atoms with Crippen LogP contribution in [0.2, 0.25) is 0 Å². The Morgan fingerprint density at radius 3 is 2.85 bits per heavy atom. The van der Waals surface area contributed by atoms with Crippen LogP contribution >= 0.6 is 0 Å². The second-order valence-electron chi connectivity index (χ2n) is 2.72. The Kier molecular flexibility index (Phi) is 1.73. The Labute approximate surface area is 75.5 Å². The molecule has 1 N–H and O–H groups in total. The minimum atomic E-state index is 0.205. The molecule has 2 rings (SSSR count). The zero-order chi connectivity index (χ0) is 9.26. The lowest BCUT2D eigenvalue weighted by atomic mass is 10.3. The summed E-state index contributed by atoms with van der Waals surface area (Å²) in [4.78, 5) is 4.17. The molecule has 0 amide bonds. The van der Waals surface area contributed by atoms with Gasteiger partial charge in [0.2, 0.25) is 0 Å². The third kappa shape index (κ3) is 1.38. The van der Waals surface area contributed by atoms with Gasteiger partial charge < -0.3 is 5.11 Å². The van der Waals surface area contributed by atoms with Gasteiger partial charge in [0, 0.05) is 12.4 Å². The number of aromatic nitrogens is 3. The zero-order valence-electron chi connectivity index (χ0n) is 7.18. The number of aromatic hydroxyl groups is 1. The Morgan fingerprint density at radius 2 is 2.23 bits per heavy atom. The Hall–Kier alpha value is -1.84. The highest BCUT2D eigenvalue weighted by Crippen LogP contribution is 2.14. The Balaban J connectivity index is 2.49. The lowest BCUT2D eigenvalue weighted by molar-refractivity contribution is 0.467. The van der Waals surface area contributed by atoms with E-state index in [1.54, 1.807) is 36.1 Å². The highest BCUT2D eigenvalue weighted by molar-refractivity contribution is 5.32. The first-order valence-electron chi connectivity index (χ1n) is 3.94. The number of pyridine rings is 1. The SMILES string of the molecule is Cc1nc(-n2cccn2)ccc1O. The van der Waals surface area contributed by atoms with Crippen molar-refractivity contribution in [2.24, 2.45) is 0 Å². The molecule has 4 nitrogen and oxygen atoms in total. The summed E-state index contributed by atoms with van der Waals surface area (Å²) in [6.07, 6.45) is 3.49. The van der Waals surface area contributed by atoms with Crippen molar-refractivity contribution < 1.29 is 5.11 Å². The highest BCUT2D eigenvalue weighted by atomic mass is 16.3. The van der Waals surface area contributed by atoms with E-state index in [4.69, 9.17) is 0 Å². The summed E-state index contributed by atoms with van der Waals surface area (Å²) in [6, 6.07) is 5.15. The minimum absolute atomic E-state index is 0.205. The van der Waals surface area contributed by atoms with E-state index in [2.05, 4.69) is 10.1 Å². The molecule has 0 radical (unpaired) electrons. The van der Waals surface area contributed by atoms with Crippen molar-refractivity contribution in [2.75, 3.05) is 0 Å². The van der Waals surface area contributed by atoms with E-state index in [0.717, 1.165) is 0 Å². The van der Waals surface area contributed by atoms with Gasteiger partial charge in [0.25, 0.3) is 0 Å². The Bertz CT molecular complexity index is 409. The molecular formula is C9H9N3O. The van der Waals surface area contributed by atoms with Crippen LogP contribution in [0.3, 0.4) is 0 Å². The lowest BCUT2D eigenvalue weighted by Gasteiger charge is -2.02. The average molecular weight is 175 g/mol. The molecule has 0 aliphatic carbocycles. The fourth-order valence-electron chi connectivity index (χ4n) is 1.07. The molecular weight excluding hydrogens is 166 g/mol. The van der Waals surface area contributed by atoms with Crippen molar-refractivity contribution in [2.45, 2.75) is 6.92 Å². The van der Waals surface area contributed by atoms with Gasteiger partial charge in [0.1, 0.15) is 5.75 Å². The highest BCUT2D eigenvalue weighted by Gasteiger charge is 2.00. The van der Waals surface area contributed by atoms with Crippen LogP contribution in [0.1, 0.15) is 5.69 Å². The molecule has 0 bridgehead atoms. The first-order valence-corrected chi connectivity index (χ1v) is 3.94. The summed E-state index contributed by atoms with van der Waals surface area (Å²) in [5.74, 6) is 0.913. The second kappa shape index (κ2) is 2.90. The van der Waals surface area contributed by atoms with Crippen molar-refractivity contribution in [1.82, 2.24) is 14.8 Å². The number of rotatable bonds is 1. The molecule has 2 aromatic heterocycles. The van der Waals surface area contributed by atoms with Crippen molar-refractivity contribution in [1.29, 1.82) is 0 Å². The quantitative estimate of drug-likeness (QED) is 0.710. The standard InChI is InChI=1S/C9H9N3O/c1-7-8(13)3-4-9(11-7)12-6-2-5-10-12/h2-6,13H,1H3. The maximum absolute atomic E-state index is 9.25. The van der Waals surface area contributed by atoms with E-state index in [0.29, 0.717) is 11.5 Å². The molecule has 0 saturated carbocycles. The molecule has 2 heterocycles. The summed E-state index contributed by atoms with van der Waals surface area (Å²) in [5, 5.41) is 13.3. The maximum atomic E-state index is 9.25. The summed E-state index contributed by atoms with van der Waals surface area (Å²) >= 11 is 0. The largest absolute Gasteiger partial charge is 0.506 e. The van der Waals surface area contributed by atoms with E-state index >= 15 is 0 Å². The van der Waals surface area contributed by atoms with Gasteiger partial charge in [-0.2, -0.15) is 5.10 Å². The molecule has 0 unspecified atom stereocenters. The van der Waals surface area contributed by atoms with Crippen LogP contribution in [0.5, 0.6) is 5.75 Å². The smallest absolute Gasteiger partial charge is 0.153 e. The predicted octanol–water partition coefficient (Wildman–Crippen LogP) is 1.28. The summed E-state index contributed by atoms with van der Waals surface area (Å²) in [6.45, 7) is 1.75. The van der Waals surface area contributed by atoms with E-state index < -0.39 is 0 Å². The third-order valence-electron chi connectivity index (χ3n) is 1.78. The van der Waals surface area contributed by atoms with Gasteiger partial charge in [-0.3, -0.25) is 0 Å². The van der Waals surface area contributed by atoms with Gasteiger partial charge in [0.15, 0.2) is 5.82 Å². The van der Waals surface area contributed by atoms with E-state index in [-0.39, 0.29) is 5.75 Å². The molecule has 0 saturated heterocycles. The van der Waals surface area contributed by atoms with Crippen LogP contribution in [0.4, 0.5) is 0 Å². The second-order valence-corrected chi connectivity index (χ2v) is 2.72. The topological polar surface area (TPSA) is 50.9 Å². The molecule has 0 atom stereocenters. The summed E-state index contributed by atoms with van der Waals surface area (Å²) in [5.41, 5.74) is 0.605. The molecule has 0 aliphatic rings. The molecule has 0 spiro atoms. The first-order chi connectivity index (χ1) is 6.27. The van der Waals surface area contributed by atoms with Gasteiger partial charge >= 0.3 is 0 Å². The molecule has 0 fully saturated rings. The van der Waals surface area contributed by atoms with Crippen LogP contribution < -0.4 is 0 Å². The van der Waals surface area contributed by atoms with Crippen molar-refractivity contribution in [3.8, 4) is 11.6 Å². The van der Waals surface area contributed by atoms with E-state index in [9.17, 15) is 5.11 Å². The normalized spacial score (nSPS) is 10.2. The first kappa shape index (κ1) is 7.79. The predicted molar refractivity (Wildman–Crippen MR) is 47.8 cm³/mol. The molecule has 13 heavy (non-hydrogen) atoms. The van der Waals surface area contributed by atoms with Gasteiger partial charge in [-0.05, 0) is 25.1 Å². The minimum Gasteiger partial charge on any atom is -0.506 e. The van der Waals surface area contributed by atoms with Crippen LogP contribution in [-0.4, -0.2) is 19.9 Å². The number of hydrogen-bond donors (Lipinski definition) is 1. The van der Waals surface area contributed by atoms with Gasteiger partial charge in [-0.15, -0.1) is 0 Å². The molecule has 4 heteroatoms. The zero-order valence-corrected chi connectivity index (χ0v) is 7.18. The van der Waals surface area contributed by atoms with Gasteiger partial charge in [0.05, 0.1) is 5.69 Å². The molecule has 0 aromatic carbocycles. The Morgan fingerprint density at radius 1 is 1.38 bits per heavy atom. The number of hydrogen-bond acceptors (Lipinski definition) is 3. The van der Waals surface area contributed by atoms with Gasteiger partial charge in [-0.25, -0.2) is 9.67 Å². The van der Waals surface area contributed by atoms with E-state index in [1.807, 2.05) is 6.07 Å².